The van der Waals surface area contributed by atoms with Gasteiger partial charge in [0, 0.05) is 22.4 Å². The van der Waals surface area contributed by atoms with E-state index >= 15 is 0 Å². The summed E-state index contributed by atoms with van der Waals surface area (Å²) >= 11 is 13.7. The lowest BCUT2D eigenvalue weighted by molar-refractivity contribution is 0.593. The van der Waals surface area contributed by atoms with Crippen molar-refractivity contribution in [3.8, 4) is 0 Å². The number of hydrogen-bond donors (Lipinski definition) is 1. The molecule has 0 bridgehead atoms. The summed E-state index contributed by atoms with van der Waals surface area (Å²) < 4.78 is 0.836. The Morgan fingerprint density at radius 3 is 2.61 bits per heavy atom. The number of aryl methyl sites for hydroxylation is 1. The number of nitrogens with one attached hydrogen (secondary N) is 1. The van der Waals surface area contributed by atoms with Gasteiger partial charge >= 0.3 is 0 Å². The lowest BCUT2D eigenvalue weighted by atomic mass is 9.98. The number of thiophene rings is 1. The van der Waals surface area contributed by atoms with Gasteiger partial charge in [-0.15, -0.1) is 11.3 Å². The minimum atomic E-state index is 0.262. The van der Waals surface area contributed by atoms with E-state index in [-0.39, 0.29) is 6.04 Å². The molecular weight excluding hydrogens is 285 g/mol. The lowest BCUT2D eigenvalue weighted by Gasteiger charge is -2.18. The van der Waals surface area contributed by atoms with E-state index in [1.54, 1.807) is 11.3 Å². The predicted molar refractivity (Wildman–Crippen MR) is 81.0 cm³/mol. The van der Waals surface area contributed by atoms with Gasteiger partial charge in [-0.25, -0.2) is 0 Å². The minimum Gasteiger partial charge on any atom is -0.313 e. The van der Waals surface area contributed by atoms with E-state index in [4.69, 9.17) is 23.2 Å². The van der Waals surface area contributed by atoms with Crippen molar-refractivity contribution < 1.29 is 0 Å². The van der Waals surface area contributed by atoms with Crippen LogP contribution in [0.2, 0.25) is 9.36 Å². The highest BCUT2D eigenvalue weighted by Crippen LogP contribution is 2.29. The van der Waals surface area contributed by atoms with Gasteiger partial charge in [0.15, 0.2) is 0 Å². The Bertz CT molecular complexity index is 536. The molecule has 1 heterocycles. The second kappa shape index (κ2) is 6.07. The van der Waals surface area contributed by atoms with Crippen LogP contribution in [0.1, 0.15) is 22.0 Å². The van der Waals surface area contributed by atoms with Gasteiger partial charge in [-0.3, -0.25) is 0 Å². The third-order valence-electron chi connectivity index (χ3n) is 3.00. The number of rotatable bonds is 4. The molecule has 18 heavy (non-hydrogen) atoms. The standard InChI is InChI=1S/C14H15Cl2NS/c1-9-3-4-10(15)7-12(9)13(17-2)8-11-5-6-14(16)18-11/h3-7,13,17H,8H2,1-2H3. The number of halogens is 2. The molecule has 0 radical (unpaired) electrons. The minimum absolute atomic E-state index is 0.262. The Labute approximate surface area is 122 Å². The van der Waals surface area contributed by atoms with Crippen molar-refractivity contribution in [2.24, 2.45) is 0 Å². The zero-order chi connectivity index (χ0) is 13.1. The maximum Gasteiger partial charge on any atom is 0.0931 e. The fourth-order valence-corrected chi connectivity index (χ4v) is 3.33. The summed E-state index contributed by atoms with van der Waals surface area (Å²) in [4.78, 5) is 1.28. The molecule has 0 aliphatic heterocycles. The normalized spacial score (nSPS) is 12.7. The molecule has 0 saturated heterocycles. The van der Waals surface area contributed by atoms with Crippen LogP contribution >= 0.6 is 34.5 Å². The molecule has 1 unspecified atom stereocenters. The van der Waals surface area contributed by atoms with Crippen molar-refractivity contribution in [2.75, 3.05) is 7.05 Å². The highest BCUT2D eigenvalue weighted by molar-refractivity contribution is 7.16. The molecule has 0 aliphatic carbocycles. The SMILES string of the molecule is CNC(Cc1ccc(Cl)s1)c1cc(Cl)ccc1C. The number of likely N-dealkylation sites (N-methyl/N-ethyl adjacent to an activating group) is 1. The van der Waals surface area contributed by atoms with E-state index in [0.29, 0.717) is 0 Å². The van der Waals surface area contributed by atoms with Crippen LogP contribution in [0.5, 0.6) is 0 Å². The largest absolute Gasteiger partial charge is 0.313 e. The first-order valence-corrected chi connectivity index (χ1v) is 7.35. The number of hydrogen-bond acceptors (Lipinski definition) is 2. The van der Waals surface area contributed by atoms with Gasteiger partial charge in [-0.2, -0.15) is 0 Å². The number of benzene rings is 1. The Morgan fingerprint density at radius 2 is 2.00 bits per heavy atom. The molecule has 1 aromatic heterocycles. The summed E-state index contributed by atoms with van der Waals surface area (Å²) in [5, 5.41) is 4.13. The lowest BCUT2D eigenvalue weighted by Crippen LogP contribution is -2.19. The van der Waals surface area contributed by atoms with Crippen molar-refractivity contribution in [2.45, 2.75) is 19.4 Å². The summed E-state index contributed by atoms with van der Waals surface area (Å²) in [6.45, 7) is 2.11. The van der Waals surface area contributed by atoms with Crippen molar-refractivity contribution in [1.82, 2.24) is 5.32 Å². The molecule has 4 heteroatoms. The molecule has 1 N–H and O–H groups in total. The van der Waals surface area contributed by atoms with Crippen LogP contribution in [0.15, 0.2) is 30.3 Å². The van der Waals surface area contributed by atoms with Gasteiger partial charge in [0.1, 0.15) is 0 Å². The van der Waals surface area contributed by atoms with Crippen LogP contribution < -0.4 is 5.32 Å². The smallest absolute Gasteiger partial charge is 0.0931 e. The summed E-state index contributed by atoms with van der Waals surface area (Å²) in [6.07, 6.45) is 0.926. The van der Waals surface area contributed by atoms with Crippen molar-refractivity contribution in [1.29, 1.82) is 0 Å². The van der Waals surface area contributed by atoms with Crippen LogP contribution in [0, 0.1) is 6.92 Å². The molecule has 0 spiro atoms. The van der Waals surface area contributed by atoms with E-state index in [2.05, 4.69) is 24.4 Å². The zero-order valence-electron chi connectivity index (χ0n) is 10.3. The summed E-state index contributed by atoms with van der Waals surface area (Å²) in [5.74, 6) is 0. The van der Waals surface area contributed by atoms with Gasteiger partial charge < -0.3 is 5.32 Å². The Morgan fingerprint density at radius 1 is 1.22 bits per heavy atom. The first kappa shape index (κ1) is 13.9. The summed E-state index contributed by atoms with van der Waals surface area (Å²) in [6, 6.07) is 10.3. The maximum atomic E-state index is 6.08. The van der Waals surface area contributed by atoms with Gasteiger partial charge in [0.25, 0.3) is 0 Å². The molecule has 96 valence electrons. The molecule has 0 saturated carbocycles. The highest BCUT2D eigenvalue weighted by atomic mass is 35.5. The highest BCUT2D eigenvalue weighted by Gasteiger charge is 2.14. The molecule has 0 aliphatic rings. The molecule has 2 aromatic rings. The van der Waals surface area contributed by atoms with E-state index in [1.165, 1.54) is 16.0 Å². The predicted octanol–water partition coefficient (Wildman–Crippen LogP) is 4.87. The molecule has 2 rings (SSSR count). The Kier molecular flexibility index (Phi) is 4.68. The quantitative estimate of drug-likeness (QED) is 0.849. The molecule has 1 atom stereocenters. The fourth-order valence-electron chi connectivity index (χ4n) is 2.02. The van der Waals surface area contributed by atoms with Gasteiger partial charge in [-0.05, 0) is 49.4 Å². The summed E-state index contributed by atoms with van der Waals surface area (Å²) in [7, 11) is 1.97. The first-order valence-electron chi connectivity index (χ1n) is 5.77. The Hall–Kier alpha value is -0.540. The third-order valence-corrected chi connectivity index (χ3v) is 4.49. The second-order valence-corrected chi connectivity index (χ2v) is 6.49. The van der Waals surface area contributed by atoms with Crippen LogP contribution in [0.4, 0.5) is 0 Å². The van der Waals surface area contributed by atoms with E-state index < -0.39 is 0 Å². The van der Waals surface area contributed by atoms with Gasteiger partial charge in [-0.1, -0.05) is 29.3 Å². The van der Waals surface area contributed by atoms with Crippen LogP contribution in [0.3, 0.4) is 0 Å². The van der Waals surface area contributed by atoms with Crippen LogP contribution in [0.25, 0.3) is 0 Å². The molecule has 1 aromatic carbocycles. The maximum absolute atomic E-state index is 6.08. The third kappa shape index (κ3) is 3.27. The van der Waals surface area contributed by atoms with Crippen LogP contribution in [-0.2, 0) is 6.42 Å². The first-order chi connectivity index (χ1) is 8.60. The average molecular weight is 300 g/mol. The fraction of sp³-hybridized carbons (Fsp3) is 0.286. The molecule has 1 nitrogen and oxygen atoms in total. The summed E-state index contributed by atoms with van der Waals surface area (Å²) in [5.41, 5.74) is 2.50. The second-order valence-electron chi connectivity index (χ2n) is 4.25. The topological polar surface area (TPSA) is 12.0 Å². The molecule has 0 fully saturated rings. The van der Waals surface area contributed by atoms with Crippen molar-refractivity contribution in [3.63, 3.8) is 0 Å². The molecule has 0 amide bonds. The monoisotopic (exact) mass is 299 g/mol. The van der Waals surface area contributed by atoms with E-state index in [1.807, 2.05) is 25.2 Å². The average Bonchev–Trinajstić information content (AvgIpc) is 2.75. The van der Waals surface area contributed by atoms with Crippen LogP contribution in [-0.4, -0.2) is 7.05 Å². The van der Waals surface area contributed by atoms with Crippen molar-refractivity contribution >= 4 is 34.5 Å². The zero-order valence-corrected chi connectivity index (χ0v) is 12.7. The molecular formula is C14H15Cl2NS. The van der Waals surface area contributed by atoms with E-state index in [9.17, 15) is 0 Å². The Balaban J connectivity index is 2.25. The van der Waals surface area contributed by atoms with Gasteiger partial charge in [0.05, 0.1) is 4.34 Å². The van der Waals surface area contributed by atoms with Gasteiger partial charge in [0.2, 0.25) is 0 Å². The van der Waals surface area contributed by atoms with Crippen molar-refractivity contribution in [3.05, 3.63) is 55.7 Å². The van der Waals surface area contributed by atoms with E-state index in [0.717, 1.165) is 15.8 Å².